The fourth-order valence-corrected chi connectivity index (χ4v) is 4.33. The lowest BCUT2D eigenvalue weighted by molar-refractivity contribution is 0.393. The second-order valence-corrected chi connectivity index (χ2v) is 7.97. The van der Waals surface area contributed by atoms with E-state index in [-0.39, 0.29) is 0 Å². The number of aryl methyl sites for hydroxylation is 3. The van der Waals surface area contributed by atoms with Gasteiger partial charge in [-0.25, -0.2) is 9.97 Å². The Hall–Kier alpha value is -3.41. The summed E-state index contributed by atoms with van der Waals surface area (Å²) in [5.41, 5.74) is 8.13. The first-order valence-corrected chi connectivity index (χ1v) is 10.0. The highest BCUT2D eigenvalue weighted by molar-refractivity contribution is 5.92. The minimum absolute atomic E-state index is 0.554. The summed E-state index contributed by atoms with van der Waals surface area (Å²) in [5, 5.41) is 4.16. The molecule has 0 unspecified atom stereocenters. The molecule has 1 N–H and O–H groups in total. The van der Waals surface area contributed by atoms with Crippen molar-refractivity contribution in [3.63, 3.8) is 0 Å². The number of benzene rings is 2. The number of imidazole rings is 2. The summed E-state index contributed by atoms with van der Waals surface area (Å²) in [4.78, 5) is 13.3. The van der Waals surface area contributed by atoms with E-state index in [1.807, 2.05) is 32.9 Å². The standard InChI is InChI=1S/C23H21N5O/c1-12-21(13(2)29-27-12)16-10-18-22(26-23(25-18)15-8-9-15)20(11-16)28-14(3)24-17-6-4-5-7-19(17)28/h4-7,10-11,15H,8-9H2,1-3H3,(H,25,26). The van der Waals surface area contributed by atoms with E-state index < -0.39 is 0 Å². The number of rotatable bonds is 3. The van der Waals surface area contributed by atoms with Gasteiger partial charge in [0.25, 0.3) is 0 Å². The minimum Gasteiger partial charge on any atom is -0.361 e. The number of hydrogen-bond acceptors (Lipinski definition) is 4. The van der Waals surface area contributed by atoms with Crippen molar-refractivity contribution in [1.82, 2.24) is 24.7 Å². The van der Waals surface area contributed by atoms with Gasteiger partial charge in [0.05, 0.1) is 27.9 Å². The summed E-state index contributed by atoms with van der Waals surface area (Å²) in [5.74, 6) is 3.40. The van der Waals surface area contributed by atoms with E-state index in [0.717, 1.165) is 62.0 Å². The molecule has 0 spiro atoms. The number of aromatic amines is 1. The monoisotopic (exact) mass is 383 g/mol. The van der Waals surface area contributed by atoms with Crippen LogP contribution in [0, 0.1) is 20.8 Å². The Morgan fingerprint density at radius 1 is 1.07 bits per heavy atom. The maximum Gasteiger partial charge on any atom is 0.141 e. The molecule has 0 radical (unpaired) electrons. The predicted molar refractivity (Wildman–Crippen MR) is 112 cm³/mol. The molecule has 5 aromatic rings. The van der Waals surface area contributed by atoms with Crippen molar-refractivity contribution < 1.29 is 4.52 Å². The van der Waals surface area contributed by atoms with Gasteiger partial charge in [-0.1, -0.05) is 17.3 Å². The van der Waals surface area contributed by atoms with Gasteiger partial charge in [0.15, 0.2) is 0 Å². The number of hydrogen-bond donors (Lipinski definition) is 1. The Kier molecular flexibility index (Phi) is 3.30. The number of fused-ring (bicyclic) bond motifs is 2. The molecule has 0 bridgehead atoms. The summed E-state index contributed by atoms with van der Waals surface area (Å²) in [6.07, 6.45) is 2.41. The topological polar surface area (TPSA) is 72.5 Å². The third-order valence-corrected chi connectivity index (χ3v) is 5.84. The fraction of sp³-hybridized carbons (Fsp3) is 0.261. The molecule has 0 amide bonds. The van der Waals surface area contributed by atoms with Gasteiger partial charge in [-0.15, -0.1) is 0 Å². The van der Waals surface area contributed by atoms with Gasteiger partial charge in [-0.05, 0) is 63.4 Å². The number of aromatic nitrogens is 5. The van der Waals surface area contributed by atoms with Crippen molar-refractivity contribution in [2.45, 2.75) is 39.5 Å². The highest BCUT2D eigenvalue weighted by Crippen LogP contribution is 2.41. The van der Waals surface area contributed by atoms with Crippen molar-refractivity contribution in [2.75, 3.05) is 0 Å². The van der Waals surface area contributed by atoms with Crippen LogP contribution in [0.1, 0.15) is 41.9 Å². The van der Waals surface area contributed by atoms with Crippen LogP contribution in [0.3, 0.4) is 0 Å². The molecule has 6 rings (SSSR count). The van der Waals surface area contributed by atoms with E-state index in [2.05, 4.69) is 39.0 Å². The Balaban J connectivity index is 1.70. The van der Waals surface area contributed by atoms with Gasteiger partial charge in [0.2, 0.25) is 0 Å². The first-order chi connectivity index (χ1) is 14.1. The average molecular weight is 383 g/mol. The number of para-hydroxylation sites is 2. The molecule has 2 aromatic carbocycles. The van der Waals surface area contributed by atoms with E-state index >= 15 is 0 Å². The van der Waals surface area contributed by atoms with Gasteiger partial charge < -0.3 is 9.51 Å². The summed E-state index contributed by atoms with van der Waals surface area (Å²) >= 11 is 0. The lowest BCUT2D eigenvalue weighted by atomic mass is 10.0. The first-order valence-electron chi connectivity index (χ1n) is 10.0. The fourth-order valence-electron chi connectivity index (χ4n) is 4.33. The largest absolute Gasteiger partial charge is 0.361 e. The van der Waals surface area contributed by atoms with Crippen LogP contribution in [0.15, 0.2) is 40.9 Å². The van der Waals surface area contributed by atoms with E-state index in [0.29, 0.717) is 5.92 Å². The molecular weight excluding hydrogens is 362 g/mol. The number of nitrogens with zero attached hydrogens (tertiary/aromatic N) is 4. The van der Waals surface area contributed by atoms with Crippen LogP contribution >= 0.6 is 0 Å². The SMILES string of the molecule is Cc1noc(C)c1-c1cc(-n2c(C)nc3ccccc32)c2nc(C3CC3)[nH]c2c1. The van der Waals surface area contributed by atoms with Crippen LogP contribution in [-0.2, 0) is 0 Å². The molecule has 0 aliphatic heterocycles. The summed E-state index contributed by atoms with van der Waals surface area (Å²) in [6, 6.07) is 12.6. The molecule has 1 fully saturated rings. The van der Waals surface area contributed by atoms with Gasteiger partial charge >= 0.3 is 0 Å². The zero-order valence-electron chi connectivity index (χ0n) is 16.7. The second-order valence-electron chi connectivity index (χ2n) is 7.97. The molecule has 0 atom stereocenters. The molecule has 3 aromatic heterocycles. The molecule has 1 saturated carbocycles. The van der Waals surface area contributed by atoms with E-state index in [1.54, 1.807) is 0 Å². The van der Waals surface area contributed by atoms with Gasteiger partial charge in [-0.3, -0.25) is 4.57 Å². The van der Waals surface area contributed by atoms with Crippen molar-refractivity contribution in [2.24, 2.45) is 0 Å². The highest BCUT2D eigenvalue weighted by Gasteiger charge is 2.28. The van der Waals surface area contributed by atoms with Crippen LogP contribution in [0.4, 0.5) is 0 Å². The maximum absolute atomic E-state index is 5.44. The van der Waals surface area contributed by atoms with Crippen LogP contribution in [0.2, 0.25) is 0 Å². The molecule has 29 heavy (non-hydrogen) atoms. The van der Waals surface area contributed by atoms with E-state index in [9.17, 15) is 0 Å². The summed E-state index contributed by atoms with van der Waals surface area (Å²) in [7, 11) is 0. The Labute approximate surface area is 167 Å². The summed E-state index contributed by atoms with van der Waals surface area (Å²) in [6.45, 7) is 5.98. The van der Waals surface area contributed by atoms with Gasteiger partial charge in [0.1, 0.15) is 22.9 Å². The van der Waals surface area contributed by atoms with Crippen molar-refractivity contribution in [1.29, 1.82) is 0 Å². The summed E-state index contributed by atoms with van der Waals surface area (Å²) < 4.78 is 7.65. The van der Waals surface area contributed by atoms with Crippen LogP contribution in [-0.4, -0.2) is 24.7 Å². The molecule has 3 heterocycles. The third kappa shape index (κ3) is 2.45. The number of nitrogens with one attached hydrogen (secondary N) is 1. The second kappa shape index (κ2) is 5.80. The Bertz CT molecular complexity index is 1380. The maximum atomic E-state index is 5.44. The molecule has 6 nitrogen and oxygen atoms in total. The quantitative estimate of drug-likeness (QED) is 0.455. The van der Waals surface area contributed by atoms with E-state index in [1.165, 1.54) is 12.8 Å². The van der Waals surface area contributed by atoms with Crippen LogP contribution in [0.25, 0.3) is 38.9 Å². The van der Waals surface area contributed by atoms with Crippen molar-refractivity contribution >= 4 is 22.1 Å². The first kappa shape index (κ1) is 16.5. The lowest BCUT2D eigenvalue weighted by Crippen LogP contribution is -1.99. The molecule has 1 aliphatic rings. The van der Waals surface area contributed by atoms with Crippen LogP contribution in [0.5, 0.6) is 0 Å². The van der Waals surface area contributed by atoms with Gasteiger partial charge in [0, 0.05) is 11.5 Å². The van der Waals surface area contributed by atoms with Crippen LogP contribution < -0.4 is 0 Å². The van der Waals surface area contributed by atoms with Crippen molar-refractivity contribution in [3.05, 3.63) is 59.5 Å². The molecule has 1 aliphatic carbocycles. The van der Waals surface area contributed by atoms with E-state index in [4.69, 9.17) is 14.5 Å². The van der Waals surface area contributed by atoms with Gasteiger partial charge in [-0.2, -0.15) is 0 Å². The normalized spacial score (nSPS) is 14.3. The molecular formula is C23H21N5O. The zero-order chi connectivity index (χ0) is 19.7. The lowest BCUT2D eigenvalue weighted by Gasteiger charge is -2.11. The molecule has 0 saturated heterocycles. The highest BCUT2D eigenvalue weighted by atomic mass is 16.5. The zero-order valence-corrected chi connectivity index (χ0v) is 16.7. The number of H-pyrrole nitrogens is 1. The Morgan fingerprint density at radius 3 is 2.66 bits per heavy atom. The third-order valence-electron chi connectivity index (χ3n) is 5.84. The Morgan fingerprint density at radius 2 is 1.90 bits per heavy atom. The molecule has 6 heteroatoms. The molecule has 144 valence electrons. The predicted octanol–water partition coefficient (Wildman–Crippen LogP) is 5.36. The average Bonchev–Trinajstić information content (AvgIpc) is 3.25. The van der Waals surface area contributed by atoms with Crippen molar-refractivity contribution in [3.8, 4) is 16.8 Å². The smallest absolute Gasteiger partial charge is 0.141 e. The minimum atomic E-state index is 0.554.